The fraction of sp³-hybridized carbons (Fsp3) is 0.333. The first kappa shape index (κ1) is 20.2. The predicted octanol–water partition coefficient (Wildman–Crippen LogP) is 3.18. The number of hydrogen-bond donors (Lipinski definition) is 2. The molecule has 1 aromatic heterocycles. The molecule has 28 heavy (non-hydrogen) atoms. The highest BCUT2D eigenvalue weighted by molar-refractivity contribution is 7.89. The maximum Gasteiger partial charge on any atom is 0.240 e. The zero-order valence-electron chi connectivity index (χ0n) is 16.3. The Hall–Kier alpha value is -2.51. The smallest absolute Gasteiger partial charge is 0.240 e. The molecule has 1 heterocycles. The van der Waals surface area contributed by atoms with Gasteiger partial charge < -0.3 is 0 Å². The number of nitrogens with zero attached hydrogens (tertiary/aromatic N) is 2. The van der Waals surface area contributed by atoms with Gasteiger partial charge in [0.1, 0.15) is 5.82 Å². The van der Waals surface area contributed by atoms with Gasteiger partial charge >= 0.3 is 0 Å². The van der Waals surface area contributed by atoms with Crippen molar-refractivity contribution in [2.75, 3.05) is 6.54 Å². The summed E-state index contributed by atoms with van der Waals surface area (Å²) in [5.74, 6) is 1.37. The van der Waals surface area contributed by atoms with Gasteiger partial charge in [-0.1, -0.05) is 55.3 Å². The highest BCUT2D eigenvalue weighted by Crippen LogP contribution is 2.12. The van der Waals surface area contributed by atoms with E-state index in [0.717, 1.165) is 29.8 Å². The van der Waals surface area contributed by atoms with Crippen molar-refractivity contribution in [3.63, 3.8) is 0 Å². The van der Waals surface area contributed by atoms with E-state index in [-0.39, 0.29) is 11.4 Å². The summed E-state index contributed by atoms with van der Waals surface area (Å²) < 4.78 is 27.4. The summed E-state index contributed by atoms with van der Waals surface area (Å²) >= 11 is 0. The zero-order chi connectivity index (χ0) is 20.0. The number of rotatable bonds is 9. The molecule has 0 aliphatic heterocycles. The van der Waals surface area contributed by atoms with E-state index >= 15 is 0 Å². The Morgan fingerprint density at radius 1 is 1.04 bits per heavy atom. The second-order valence-electron chi connectivity index (χ2n) is 6.91. The molecule has 0 aliphatic rings. The summed E-state index contributed by atoms with van der Waals surface area (Å²) in [6.07, 6.45) is 3.08. The number of aromatic nitrogens is 3. The molecule has 2 aromatic carbocycles. The molecular formula is C21H26N4O2S. The van der Waals surface area contributed by atoms with E-state index in [1.54, 1.807) is 12.1 Å². The molecule has 0 amide bonds. The molecule has 3 rings (SSSR count). The lowest BCUT2D eigenvalue weighted by Gasteiger charge is -2.06. The number of nitrogens with one attached hydrogen (secondary N) is 2. The van der Waals surface area contributed by atoms with Crippen LogP contribution in [0.1, 0.15) is 41.7 Å². The third-order valence-electron chi connectivity index (χ3n) is 4.45. The Balaban J connectivity index is 1.53. The molecule has 6 nitrogen and oxygen atoms in total. The Morgan fingerprint density at radius 2 is 1.82 bits per heavy atom. The third-order valence-corrected chi connectivity index (χ3v) is 5.92. The van der Waals surface area contributed by atoms with Crippen LogP contribution in [0.4, 0.5) is 0 Å². The maximum atomic E-state index is 12.4. The second-order valence-corrected chi connectivity index (χ2v) is 8.67. The first-order valence-electron chi connectivity index (χ1n) is 9.50. The van der Waals surface area contributed by atoms with Gasteiger partial charge in [-0.15, -0.1) is 0 Å². The molecule has 7 heteroatoms. The van der Waals surface area contributed by atoms with Gasteiger partial charge in [0.05, 0.1) is 4.90 Å². The average Bonchev–Trinajstić information content (AvgIpc) is 3.09. The molecule has 0 saturated heterocycles. The van der Waals surface area contributed by atoms with Crippen molar-refractivity contribution in [2.45, 2.75) is 44.4 Å². The summed E-state index contributed by atoms with van der Waals surface area (Å²) in [5.41, 5.74) is 3.51. The zero-order valence-corrected chi connectivity index (χ0v) is 17.1. The van der Waals surface area contributed by atoms with Crippen molar-refractivity contribution in [3.8, 4) is 0 Å². The van der Waals surface area contributed by atoms with E-state index in [4.69, 9.17) is 0 Å². The Kier molecular flexibility index (Phi) is 6.59. The van der Waals surface area contributed by atoms with Crippen LogP contribution in [0, 0.1) is 6.92 Å². The van der Waals surface area contributed by atoms with Crippen LogP contribution < -0.4 is 4.72 Å². The normalized spacial score (nSPS) is 11.6. The highest BCUT2D eigenvalue weighted by atomic mass is 32.2. The van der Waals surface area contributed by atoms with Gasteiger partial charge in [0.2, 0.25) is 10.0 Å². The van der Waals surface area contributed by atoms with Crippen molar-refractivity contribution in [1.82, 2.24) is 19.9 Å². The lowest BCUT2D eigenvalue weighted by atomic mass is 10.1. The average molecular weight is 399 g/mol. The van der Waals surface area contributed by atoms with E-state index in [0.29, 0.717) is 18.7 Å². The molecule has 0 atom stereocenters. The molecule has 148 valence electrons. The fourth-order valence-electron chi connectivity index (χ4n) is 3.05. The van der Waals surface area contributed by atoms with E-state index in [2.05, 4.69) is 52.0 Å². The van der Waals surface area contributed by atoms with Gasteiger partial charge in [0.25, 0.3) is 0 Å². The molecule has 0 radical (unpaired) electrons. The molecular weight excluding hydrogens is 372 g/mol. The van der Waals surface area contributed by atoms with Crippen LogP contribution in [-0.2, 0) is 29.3 Å². The number of aromatic amines is 1. The first-order valence-corrected chi connectivity index (χ1v) is 11.0. The van der Waals surface area contributed by atoms with Crippen LogP contribution in [-0.4, -0.2) is 30.1 Å². The van der Waals surface area contributed by atoms with E-state index < -0.39 is 10.0 Å². The van der Waals surface area contributed by atoms with E-state index in [1.807, 2.05) is 18.2 Å². The summed E-state index contributed by atoms with van der Waals surface area (Å²) in [5, 5.41) is 7.12. The van der Waals surface area contributed by atoms with Crippen molar-refractivity contribution in [1.29, 1.82) is 0 Å². The molecule has 0 saturated carbocycles. The van der Waals surface area contributed by atoms with Crippen LogP contribution in [0.25, 0.3) is 0 Å². The number of H-pyrrole nitrogens is 1. The standard InChI is InChI=1S/C21H26N4O2S/c1-3-5-17-8-10-19(11-9-17)28(26,27)22-13-12-20-23-21(25-24-20)15-18-7-4-6-16(2)14-18/h4,6-11,14,22H,3,5,12-13,15H2,1-2H3,(H,23,24,25). The largest absolute Gasteiger partial charge is 0.263 e. The molecule has 2 N–H and O–H groups in total. The van der Waals surface area contributed by atoms with Crippen molar-refractivity contribution < 1.29 is 8.42 Å². The van der Waals surface area contributed by atoms with Gasteiger partial charge in [-0.2, -0.15) is 5.10 Å². The minimum absolute atomic E-state index is 0.251. The Labute approximate surface area is 166 Å². The molecule has 0 unspecified atom stereocenters. The van der Waals surface area contributed by atoms with Crippen LogP contribution >= 0.6 is 0 Å². The van der Waals surface area contributed by atoms with E-state index in [9.17, 15) is 8.42 Å². The Bertz CT molecular complexity index is 1010. The number of sulfonamides is 1. The molecule has 0 aliphatic carbocycles. The lowest BCUT2D eigenvalue weighted by molar-refractivity contribution is 0.581. The highest BCUT2D eigenvalue weighted by Gasteiger charge is 2.14. The van der Waals surface area contributed by atoms with Crippen molar-refractivity contribution in [2.24, 2.45) is 0 Å². The van der Waals surface area contributed by atoms with Crippen LogP contribution in [0.3, 0.4) is 0 Å². The number of aryl methyl sites for hydroxylation is 2. The summed E-state index contributed by atoms with van der Waals surface area (Å²) in [6.45, 7) is 4.40. The number of benzene rings is 2. The van der Waals surface area contributed by atoms with Gasteiger partial charge in [-0.3, -0.25) is 5.10 Å². The second kappa shape index (κ2) is 9.12. The van der Waals surface area contributed by atoms with E-state index in [1.165, 1.54) is 5.56 Å². The van der Waals surface area contributed by atoms with Gasteiger partial charge in [-0.05, 0) is 36.6 Å². The fourth-order valence-corrected chi connectivity index (χ4v) is 4.08. The monoisotopic (exact) mass is 398 g/mol. The van der Waals surface area contributed by atoms with Gasteiger partial charge in [-0.25, -0.2) is 18.1 Å². The quantitative estimate of drug-likeness (QED) is 0.579. The summed E-state index contributed by atoms with van der Waals surface area (Å²) in [4.78, 5) is 4.74. The van der Waals surface area contributed by atoms with Crippen LogP contribution in [0.15, 0.2) is 53.4 Å². The molecule has 0 bridgehead atoms. The van der Waals surface area contributed by atoms with Crippen LogP contribution in [0.5, 0.6) is 0 Å². The Morgan fingerprint density at radius 3 is 2.54 bits per heavy atom. The van der Waals surface area contributed by atoms with Gasteiger partial charge in [0, 0.05) is 19.4 Å². The summed E-state index contributed by atoms with van der Waals surface area (Å²) in [7, 11) is -3.52. The minimum atomic E-state index is -3.52. The molecule has 0 fully saturated rings. The lowest BCUT2D eigenvalue weighted by Crippen LogP contribution is -2.26. The molecule has 0 spiro atoms. The van der Waals surface area contributed by atoms with Crippen molar-refractivity contribution >= 4 is 10.0 Å². The topological polar surface area (TPSA) is 87.7 Å². The minimum Gasteiger partial charge on any atom is -0.263 e. The van der Waals surface area contributed by atoms with Crippen LogP contribution in [0.2, 0.25) is 0 Å². The third kappa shape index (κ3) is 5.50. The van der Waals surface area contributed by atoms with Crippen molar-refractivity contribution in [3.05, 3.63) is 76.9 Å². The van der Waals surface area contributed by atoms with Gasteiger partial charge in [0.15, 0.2) is 5.82 Å². The predicted molar refractivity (Wildman–Crippen MR) is 110 cm³/mol. The first-order chi connectivity index (χ1) is 13.5. The number of hydrogen-bond acceptors (Lipinski definition) is 4. The maximum absolute atomic E-state index is 12.4. The molecule has 3 aromatic rings. The summed E-state index contributed by atoms with van der Waals surface area (Å²) in [6, 6.07) is 15.3. The SMILES string of the molecule is CCCc1ccc(S(=O)(=O)NCCc2n[nH]c(Cc3cccc(C)c3)n2)cc1.